The predicted molar refractivity (Wildman–Crippen MR) is 155 cm³/mol. The number of nitrogens with zero attached hydrogens (tertiary/aromatic N) is 2. The predicted octanol–water partition coefficient (Wildman–Crippen LogP) is 4.41. The number of halogens is 3. The SMILES string of the molecule is CCCO[C@H]1CN(C2CCC(O)(c3ccnc4ccccc34)CC2)C[C@@H]1NC(=O)CNC(=O)c1cccc(C(F)(F)F)c1. The normalized spacial score (nSPS) is 24.6. The second kappa shape index (κ2) is 13.0. The average molecular weight is 599 g/mol. The molecule has 2 heterocycles. The van der Waals surface area contributed by atoms with Crippen LogP contribution < -0.4 is 10.6 Å². The van der Waals surface area contributed by atoms with Gasteiger partial charge < -0.3 is 20.5 Å². The molecule has 2 fully saturated rings. The van der Waals surface area contributed by atoms with Crippen LogP contribution >= 0.6 is 0 Å². The Hall–Kier alpha value is -3.54. The number of hydrogen-bond acceptors (Lipinski definition) is 6. The Bertz CT molecular complexity index is 1440. The molecule has 1 aromatic heterocycles. The van der Waals surface area contributed by atoms with Gasteiger partial charge in [0.25, 0.3) is 5.91 Å². The van der Waals surface area contributed by atoms with E-state index in [1.54, 1.807) is 6.20 Å². The Kier molecular flexibility index (Phi) is 9.33. The highest BCUT2D eigenvalue weighted by Crippen LogP contribution is 2.41. The van der Waals surface area contributed by atoms with Crippen molar-refractivity contribution in [1.29, 1.82) is 0 Å². The van der Waals surface area contributed by atoms with E-state index in [4.69, 9.17) is 4.74 Å². The van der Waals surface area contributed by atoms with Crippen molar-refractivity contribution in [2.45, 2.75) is 69.0 Å². The largest absolute Gasteiger partial charge is 0.416 e. The molecule has 43 heavy (non-hydrogen) atoms. The number of carbonyl (C=O) groups excluding carboxylic acids is 2. The fourth-order valence-electron chi connectivity index (χ4n) is 6.25. The summed E-state index contributed by atoms with van der Waals surface area (Å²) in [6.45, 7) is 3.36. The maximum absolute atomic E-state index is 13.0. The third-order valence-electron chi connectivity index (χ3n) is 8.49. The molecule has 11 heteroatoms. The van der Waals surface area contributed by atoms with Crippen LogP contribution in [-0.2, 0) is 21.3 Å². The third kappa shape index (κ3) is 7.17. The number of para-hydroxylation sites is 1. The van der Waals surface area contributed by atoms with Crippen molar-refractivity contribution >= 4 is 22.7 Å². The summed E-state index contributed by atoms with van der Waals surface area (Å²) < 4.78 is 45.1. The van der Waals surface area contributed by atoms with Gasteiger partial charge in [-0.2, -0.15) is 13.2 Å². The van der Waals surface area contributed by atoms with Crippen molar-refractivity contribution in [3.8, 4) is 0 Å². The first kappa shape index (κ1) is 30.9. The molecule has 230 valence electrons. The molecule has 5 rings (SSSR count). The van der Waals surface area contributed by atoms with Crippen molar-refractivity contribution in [2.75, 3.05) is 26.2 Å². The van der Waals surface area contributed by atoms with E-state index < -0.39 is 29.2 Å². The van der Waals surface area contributed by atoms with Crippen molar-refractivity contribution in [3.63, 3.8) is 0 Å². The van der Waals surface area contributed by atoms with Gasteiger partial charge in [0.05, 0.1) is 35.4 Å². The van der Waals surface area contributed by atoms with Gasteiger partial charge in [-0.25, -0.2) is 0 Å². The van der Waals surface area contributed by atoms with Crippen LogP contribution in [0, 0.1) is 0 Å². The van der Waals surface area contributed by atoms with E-state index in [0.29, 0.717) is 32.5 Å². The van der Waals surface area contributed by atoms with Gasteiger partial charge >= 0.3 is 6.18 Å². The lowest BCUT2D eigenvalue weighted by Gasteiger charge is -2.40. The molecule has 0 bridgehead atoms. The second-order valence-corrected chi connectivity index (χ2v) is 11.4. The van der Waals surface area contributed by atoms with Gasteiger partial charge in [0, 0.05) is 42.9 Å². The Morgan fingerprint density at radius 2 is 1.86 bits per heavy atom. The van der Waals surface area contributed by atoms with Gasteiger partial charge in [0.15, 0.2) is 0 Å². The summed E-state index contributed by atoms with van der Waals surface area (Å²) in [7, 11) is 0. The molecule has 2 amide bonds. The summed E-state index contributed by atoms with van der Waals surface area (Å²) in [6.07, 6.45) is 0.506. The number of aromatic nitrogens is 1. The number of amides is 2. The van der Waals surface area contributed by atoms with Gasteiger partial charge in [0.2, 0.25) is 5.91 Å². The van der Waals surface area contributed by atoms with Crippen molar-refractivity contribution in [3.05, 3.63) is 77.5 Å². The van der Waals surface area contributed by atoms with Crippen molar-refractivity contribution < 1.29 is 32.6 Å². The molecule has 2 aromatic carbocycles. The van der Waals surface area contributed by atoms with E-state index >= 15 is 0 Å². The number of nitrogens with one attached hydrogen (secondary N) is 2. The van der Waals surface area contributed by atoms with Crippen LogP contribution in [0.25, 0.3) is 10.9 Å². The minimum atomic E-state index is -4.57. The number of rotatable bonds is 9. The number of pyridine rings is 1. The van der Waals surface area contributed by atoms with Gasteiger partial charge in [-0.05, 0) is 68.0 Å². The number of fused-ring (bicyclic) bond motifs is 1. The number of aliphatic hydroxyl groups is 1. The molecule has 3 aromatic rings. The van der Waals surface area contributed by atoms with Crippen molar-refractivity contribution in [1.82, 2.24) is 20.5 Å². The maximum atomic E-state index is 13.0. The molecule has 1 saturated carbocycles. The number of likely N-dealkylation sites (tertiary alicyclic amines) is 1. The number of alkyl halides is 3. The zero-order valence-electron chi connectivity index (χ0n) is 24.1. The first-order chi connectivity index (χ1) is 20.6. The fraction of sp³-hybridized carbons (Fsp3) is 0.469. The standard InChI is InChI=1S/C32H37F3N4O4/c1-2-16-43-28-20-39(23-10-13-31(42,14-11-23)25-12-15-36-26-9-4-3-8-24(25)26)19-27(28)38-29(40)18-37-30(41)21-6-5-7-22(17-21)32(33,34)35/h3-9,12,15,17,23,27-28,42H,2,10-11,13-14,16,18-20H2,1H3,(H,37,41)(H,38,40)/t23?,27-,28-,31?/m0/s1. The first-order valence-electron chi connectivity index (χ1n) is 14.7. The smallest absolute Gasteiger partial charge is 0.385 e. The highest BCUT2D eigenvalue weighted by atomic mass is 19.4. The van der Waals surface area contributed by atoms with Crippen molar-refractivity contribution in [2.24, 2.45) is 0 Å². The van der Waals surface area contributed by atoms with E-state index in [-0.39, 0.29) is 30.3 Å². The van der Waals surface area contributed by atoms with E-state index in [2.05, 4.69) is 20.5 Å². The summed E-state index contributed by atoms with van der Waals surface area (Å²) in [4.78, 5) is 32.0. The molecule has 0 spiro atoms. The molecule has 8 nitrogen and oxygen atoms in total. The van der Waals surface area contributed by atoms with Crippen LogP contribution in [0.3, 0.4) is 0 Å². The van der Waals surface area contributed by atoms with E-state index in [9.17, 15) is 27.9 Å². The zero-order chi connectivity index (χ0) is 30.6. The Labute approximate surface area is 248 Å². The van der Waals surface area contributed by atoms with Crippen LogP contribution in [0.2, 0.25) is 0 Å². The molecule has 1 saturated heterocycles. The maximum Gasteiger partial charge on any atom is 0.416 e. The molecule has 0 unspecified atom stereocenters. The lowest BCUT2D eigenvalue weighted by atomic mass is 9.76. The molecular weight excluding hydrogens is 561 g/mol. The summed E-state index contributed by atoms with van der Waals surface area (Å²) in [6, 6.07) is 13.7. The summed E-state index contributed by atoms with van der Waals surface area (Å²) in [5.74, 6) is -1.20. The minimum Gasteiger partial charge on any atom is -0.385 e. The van der Waals surface area contributed by atoms with Gasteiger partial charge in [-0.3, -0.25) is 19.5 Å². The zero-order valence-corrected chi connectivity index (χ0v) is 24.1. The molecule has 3 N–H and O–H groups in total. The first-order valence-corrected chi connectivity index (χ1v) is 14.7. The van der Waals surface area contributed by atoms with Crippen LogP contribution in [0.1, 0.15) is 60.5 Å². The Morgan fingerprint density at radius 1 is 1.09 bits per heavy atom. The highest BCUT2D eigenvalue weighted by Gasteiger charge is 2.42. The Morgan fingerprint density at radius 3 is 2.60 bits per heavy atom. The lowest BCUT2D eigenvalue weighted by molar-refractivity contribution is -0.137. The number of ether oxygens (including phenoxy) is 1. The summed E-state index contributed by atoms with van der Waals surface area (Å²) in [5.41, 5.74) is -0.282. The monoisotopic (exact) mass is 598 g/mol. The molecule has 1 aliphatic heterocycles. The molecule has 1 aliphatic carbocycles. The second-order valence-electron chi connectivity index (χ2n) is 11.4. The van der Waals surface area contributed by atoms with E-state index in [0.717, 1.165) is 53.9 Å². The molecule has 2 atom stereocenters. The lowest BCUT2D eigenvalue weighted by Crippen LogP contribution is -2.48. The van der Waals surface area contributed by atoms with E-state index in [1.807, 2.05) is 37.3 Å². The summed E-state index contributed by atoms with van der Waals surface area (Å²) >= 11 is 0. The summed E-state index contributed by atoms with van der Waals surface area (Å²) in [5, 5.41) is 18.0. The molecule has 0 radical (unpaired) electrons. The molecular formula is C32H37F3N4O4. The average Bonchev–Trinajstić information content (AvgIpc) is 3.40. The number of benzene rings is 2. The van der Waals surface area contributed by atoms with Crippen LogP contribution in [0.4, 0.5) is 13.2 Å². The van der Waals surface area contributed by atoms with Gasteiger partial charge in [0.1, 0.15) is 0 Å². The Balaban J connectivity index is 1.17. The molecule has 2 aliphatic rings. The highest BCUT2D eigenvalue weighted by molar-refractivity contribution is 5.96. The van der Waals surface area contributed by atoms with Crippen LogP contribution in [0.15, 0.2) is 60.8 Å². The van der Waals surface area contributed by atoms with E-state index in [1.165, 1.54) is 6.07 Å². The van der Waals surface area contributed by atoms with Crippen LogP contribution in [-0.4, -0.2) is 71.2 Å². The fourth-order valence-corrected chi connectivity index (χ4v) is 6.25. The quantitative estimate of drug-likeness (QED) is 0.337. The number of carbonyl (C=O) groups is 2. The van der Waals surface area contributed by atoms with Gasteiger partial charge in [-0.1, -0.05) is 31.2 Å². The number of hydrogen-bond donors (Lipinski definition) is 3. The minimum absolute atomic E-state index is 0.171. The third-order valence-corrected chi connectivity index (χ3v) is 8.49. The van der Waals surface area contributed by atoms with Gasteiger partial charge in [-0.15, -0.1) is 0 Å². The topological polar surface area (TPSA) is 104 Å². The van der Waals surface area contributed by atoms with Crippen LogP contribution in [0.5, 0.6) is 0 Å².